The lowest BCUT2D eigenvalue weighted by Gasteiger charge is -2.33. The van der Waals surface area contributed by atoms with Crippen LogP contribution in [0.3, 0.4) is 0 Å². The van der Waals surface area contributed by atoms with Crippen LogP contribution in [0.4, 0.5) is 0 Å². The highest BCUT2D eigenvalue weighted by atomic mass is 35.5. The molecule has 1 aromatic rings. The first-order valence-electron chi connectivity index (χ1n) is 6.78. The first-order chi connectivity index (χ1) is 9.44. The Bertz CT molecular complexity index is 494. The molecule has 0 saturated carbocycles. The van der Waals surface area contributed by atoms with Crippen LogP contribution in [0.2, 0.25) is 0 Å². The van der Waals surface area contributed by atoms with Crippen LogP contribution in [0.5, 0.6) is 11.5 Å². The van der Waals surface area contributed by atoms with Gasteiger partial charge in [-0.1, -0.05) is 12.1 Å². The summed E-state index contributed by atoms with van der Waals surface area (Å²) in [4.78, 5) is 13.9. The summed E-state index contributed by atoms with van der Waals surface area (Å²) in [6.07, 6.45) is -0.160. The zero-order chi connectivity index (χ0) is 14.8. The van der Waals surface area contributed by atoms with Gasteiger partial charge in [0.15, 0.2) is 17.6 Å². The molecule has 21 heavy (non-hydrogen) atoms. The van der Waals surface area contributed by atoms with E-state index >= 15 is 0 Å². The highest BCUT2D eigenvalue weighted by Gasteiger charge is 2.31. The molecule has 1 unspecified atom stereocenters. The second-order valence-electron chi connectivity index (χ2n) is 5.77. The molecule has 5 nitrogen and oxygen atoms in total. The summed E-state index contributed by atoms with van der Waals surface area (Å²) in [5.74, 6) is 1.49. The van der Waals surface area contributed by atoms with Crippen molar-refractivity contribution in [2.75, 3.05) is 26.7 Å². The third kappa shape index (κ3) is 4.02. The number of carbonyl (C=O) groups is 1. The largest absolute Gasteiger partial charge is 0.486 e. The Balaban J connectivity index is 0.00000220. The van der Waals surface area contributed by atoms with Gasteiger partial charge < -0.3 is 20.1 Å². The Labute approximate surface area is 131 Å². The number of hydrogen-bond donors (Lipinski definition) is 1. The maximum atomic E-state index is 12.3. The van der Waals surface area contributed by atoms with Gasteiger partial charge >= 0.3 is 0 Å². The monoisotopic (exact) mass is 314 g/mol. The molecule has 0 aliphatic carbocycles. The highest BCUT2D eigenvalue weighted by Crippen LogP contribution is 2.31. The van der Waals surface area contributed by atoms with E-state index in [1.54, 1.807) is 11.9 Å². The van der Waals surface area contributed by atoms with E-state index in [0.29, 0.717) is 19.7 Å². The third-order valence-electron chi connectivity index (χ3n) is 3.48. The molecule has 1 aliphatic heterocycles. The van der Waals surface area contributed by atoms with E-state index in [1.807, 2.05) is 38.1 Å². The lowest BCUT2D eigenvalue weighted by Crippen LogP contribution is -2.48. The lowest BCUT2D eigenvalue weighted by atomic mass is 9.92. The van der Waals surface area contributed by atoms with Gasteiger partial charge in [0.25, 0.3) is 0 Å². The summed E-state index contributed by atoms with van der Waals surface area (Å²) in [7, 11) is 1.77. The van der Waals surface area contributed by atoms with Crippen molar-refractivity contribution in [2.24, 2.45) is 11.1 Å². The van der Waals surface area contributed by atoms with Gasteiger partial charge in [-0.2, -0.15) is 0 Å². The van der Waals surface area contributed by atoms with Gasteiger partial charge in [0, 0.05) is 13.6 Å². The van der Waals surface area contributed by atoms with Crippen molar-refractivity contribution in [2.45, 2.75) is 20.0 Å². The lowest BCUT2D eigenvalue weighted by molar-refractivity contribution is -0.139. The second-order valence-corrected chi connectivity index (χ2v) is 5.77. The number of halogens is 1. The third-order valence-corrected chi connectivity index (χ3v) is 3.48. The number of nitrogens with two attached hydrogens (primary N) is 1. The van der Waals surface area contributed by atoms with Crippen molar-refractivity contribution in [1.29, 1.82) is 0 Å². The second kappa shape index (κ2) is 7.00. The Hall–Kier alpha value is -1.46. The number of hydrogen-bond acceptors (Lipinski definition) is 4. The maximum Gasteiger partial charge on any atom is 0.229 e. The molecule has 0 fully saturated rings. The summed E-state index contributed by atoms with van der Waals surface area (Å²) in [6.45, 7) is 4.94. The molecule has 0 radical (unpaired) electrons. The van der Waals surface area contributed by atoms with E-state index in [9.17, 15) is 4.79 Å². The number of rotatable bonds is 4. The van der Waals surface area contributed by atoms with Gasteiger partial charge in [0.2, 0.25) is 5.91 Å². The average Bonchev–Trinajstić information content (AvgIpc) is 2.46. The van der Waals surface area contributed by atoms with Gasteiger partial charge in [0.1, 0.15) is 6.61 Å². The van der Waals surface area contributed by atoms with Crippen LogP contribution in [0.15, 0.2) is 24.3 Å². The van der Waals surface area contributed by atoms with Crippen molar-refractivity contribution < 1.29 is 14.3 Å². The number of nitrogens with zero attached hydrogens (tertiary/aromatic N) is 1. The molecule has 118 valence electrons. The zero-order valence-electron chi connectivity index (χ0n) is 12.7. The van der Waals surface area contributed by atoms with Crippen LogP contribution in [0, 0.1) is 5.41 Å². The van der Waals surface area contributed by atoms with Crippen LogP contribution in [0.1, 0.15) is 13.8 Å². The van der Waals surface area contributed by atoms with E-state index < -0.39 is 5.41 Å². The van der Waals surface area contributed by atoms with Crippen LogP contribution < -0.4 is 15.2 Å². The van der Waals surface area contributed by atoms with Gasteiger partial charge in [-0.05, 0) is 26.0 Å². The van der Waals surface area contributed by atoms with Gasteiger partial charge in [-0.25, -0.2) is 0 Å². The predicted octanol–water partition coefficient (Wildman–Crippen LogP) is 1.69. The average molecular weight is 315 g/mol. The minimum absolute atomic E-state index is 0. The van der Waals surface area contributed by atoms with Crippen molar-refractivity contribution in [1.82, 2.24) is 4.90 Å². The fourth-order valence-corrected chi connectivity index (χ4v) is 2.15. The molecule has 0 bridgehead atoms. The van der Waals surface area contributed by atoms with E-state index in [4.69, 9.17) is 15.2 Å². The van der Waals surface area contributed by atoms with E-state index in [-0.39, 0.29) is 24.4 Å². The first kappa shape index (κ1) is 17.6. The van der Waals surface area contributed by atoms with Crippen molar-refractivity contribution in [3.8, 4) is 11.5 Å². The van der Waals surface area contributed by atoms with Gasteiger partial charge in [-0.3, -0.25) is 4.79 Å². The number of likely N-dealkylation sites (N-methyl/N-ethyl adjacent to an activating group) is 1. The van der Waals surface area contributed by atoms with Gasteiger partial charge in [-0.15, -0.1) is 12.4 Å². The minimum Gasteiger partial charge on any atom is -0.486 e. The Morgan fingerprint density at radius 3 is 2.62 bits per heavy atom. The number of carbonyl (C=O) groups excluding carboxylic acids is 1. The number of benzene rings is 1. The number of para-hydroxylation sites is 2. The summed E-state index contributed by atoms with van der Waals surface area (Å²) >= 11 is 0. The van der Waals surface area contributed by atoms with Crippen LogP contribution in [0.25, 0.3) is 0 Å². The van der Waals surface area contributed by atoms with Crippen molar-refractivity contribution in [3.05, 3.63) is 24.3 Å². The molecule has 6 heteroatoms. The Kier molecular flexibility index (Phi) is 5.87. The first-order valence-corrected chi connectivity index (χ1v) is 6.78. The Morgan fingerprint density at radius 1 is 1.38 bits per heavy atom. The number of fused-ring (bicyclic) bond motifs is 1. The quantitative estimate of drug-likeness (QED) is 0.918. The molecular weight excluding hydrogens is 292 g/mol. The molecule has 1 heterocycles. The highest BCUT2D eigenvalue weighted by molar-refractivity contribution is 5.85. The van der Waals surface area contributed by atoms with E-state index in [0.717, 1.165) is 11.5 Å². The van der Waals surface area contributed by atoms with Crippen molar-refractivity contribution in [3.63, 3.8) is 0 Å². The molecule has 1 aliphatic rings. The molecular formula is C15H23ClN2O3. The van der Waals surface area contributed by atoms with E-state index in [1.165, 1.54) is 0 Å². The van der Waals surface area contributed by atoms with Gasteiger partial charge in [0.05, 0.1) is 12.0 Å². The van der Waals surface area contributed by atoms with Crippen LogP contribution >= 0.6 is 12.4 Å². The van der Waals surface area contributed by atoms with Crippen LogP contribution in [-0.4, -0.2) is 43.7 Å². The molecule has 1 atom stereocenters. The zero-order valence-corrected chi connectivity index (χ0v) is 13.5. The Morgan fingerprint density at radius 2 is 2.00 bits per heavy atom. The molecule has 0 saturated heterocycles. The fraction of sp³-hybridized carbons (Fsp3) is 0.533. The normalized spacial score (nSPS) is 16.9. The molecule has 1 aromatic carbocycles. The topological polar surface area (TPSA) is 64.8 Å². The minimum atomic E-state index is -0.553. The molecule has 2 N–H and O–H groups in total. The number of amides is 1. The smallest absolute Gasteiger partial charge is 0.229 e. The maximum absolute atomic E-state index is 12.3. The summed E-state index contributed by atoms with van der Waals surface area (Å²) < 4.78 is 11.5. The predicted molar refractivity (Wildman–Crippen MR) is 84.1 cm³/mol. The summed E-state index contributed by atoms with van der Waals surface area (Å²) in [5.41, 5.74) is 5.08. The van der Waals surface area contributed by atoms with Crippen molar-refractivity contribution >= 4 is 18.3 Å². The summed E-state index contributed by atoms with van der Waals surface area (Å²) in [5, 5.41) is 0. The van der Waals surface area contributed by atoms with Crippen LogP contribution in [-0.2, 0) is 4.79 Å². The standard InChI is InChI=1S/C15H22N2O3.ClH/c1-15(2,10-16)14(18)17(3)8-11-9-19-12-6-4-5-7-13(12)20-11;/h4-7,11H,8-10,16H2,1-3H3;1H. The van der Waals surface area contributed by atoms with E-state index in [2.05, 4.69) is 0 Å². The molecule has 0 aromatic heterocycles. The molecule has 1 amide bonds. The SMILES string of the molecule is CN(CC1COc2ccccc2O1)C(=O)C(C)(C)CN.Cl. The summed E-state index contributed by atoms with van der Waals surface area (Å²) in [6, 6.07) is 7.55. The molecule has 2 rings (SSSR count). The number of ether oxygens (including phenoxy) is 2. The molecule has 0 spiro atoms. The fourth-order valence-electron chi connectivity index (χ4n) is 2.15.